The summed E-state index contributed by atoms with van der Waals surface area (Å²) in [4.78, 5) is 12.1. The Hall–Kier alpha value is -0.690. The van der Waals surface area contributed by atoms with Gasteiger partial charge in [0, 0.05) is 37.2 Å². The molecule has 4 aliphatic rings. The van der Waals surface area contributed by atoms with Crippen LogP contribution in [-0.2, 0) is 19.0 Å². The molecule has 3 saturated carbocycles. The Morgan fingerprint density at radius 3 is 2.41 bits per heavy atom. The smallest absolute Gasteiger partial charge is 0.302 e. The summed E-state index contributed by atoms with van der Waals surface area (Å²) in [5.74, 6) is -0.0868. The van der Waals surface area contributed by atoms with Crippen LogP contribution in [0.4, 0.5) is 0 Å². The van der Waals surface area contributed by atoms with Crippen molar-refractivity contribution < 1.29 is 29.2 Å². The van der Waals surface area contributed by atoms with Crippen LogP contribution in [0.3, 0.4) is 0 Å². The second-order valence-corrected chi connectivity index (χ2v) is 10.4. The summed E-state index contributed by atoms with van der Waals surface area (Å²) in [6.07, 6.45) is 6.37. The van der Waals surface area contributed by atoms with Crippen molar-refractivity contribution in [3.05, 3.63) is 0 Å². The van der Waals surface area contributed by atoms with Crippen molar-refractivity contribution in [1.29, 1.82) is 0 Å². The van der Waals surface area contributed by atoms with Gasteiger partial charge in [-0.25, -0.2) is 0 Å². The molecular weight excluding hydrogens is 372 g/mol. The van der Waals surface area contributed by atoms with Gasteiger partial charge < -0.3 is 24.4 Å². The molecule has 7 atom stereocenters. The highest BCUT2D eigenvalue weighted by atomic mass is 16.7. The lowest BCUT2D eigenvalue weighted by Crippen LogP contribution is -2.58. The van der Waals surface area contributed by atoms with E-state index in [1.165, 1.54) is 6.92 Å². The molecule has 1 heterocycles. The number of hydrogen-bond donors (Lipinski definition) is 2. The highest BCUT2D eigenvalue weighted by Crippen LogP contribution is 2.65. The first-order valence-electron chi connectivity index (χ1n) is 11.5. The molecule has 0 aromatic rings. The van der Waals surface area contributed by atoms with Gasteiger partial charge in [0.1, 0.15) is 6.10 Å². The van der Waals surface area contributed by atoms with Gasteiger partial charge in [0.05, 0.1) is 19.3 Å². The molecule has 29 heavy (non-hydrogen) atoms. The first-order chi connectivity index (χ1) is 13.8. The van der Waals surface area contributed by atoms with Gasteiger partial charge in [0.2, 0.25) is 0 Å². The number of carbonyl (C=O) groups excluding carboxylic acids is 1. The van der Waals surface area contributed by atoms with Gasteiger partial charge in [-0.3, -0.25) is 4.79 Å². The first-order valence-corrected chi connectivity index (χ1v) is 11.5. The summed E-state index contributed by atoms with van der Waals surface area (Å²) in [7, 11) is 0. The van der Waals surface area contributed by atoms with E-state index in [0.29, 0.717) is 19.6 Å². The van der Waals surface area contributed by atoms with Crippen LogP contribution in [0.15, 0.2) is 0 Å². The minimum atomic E-state index is -0.533. The summed E-state index contributed by atoms with van der Waals surface area (Å²) in [6.45, 7) is 7.48. The molecular formula is C23H38O6. The minimum Gasteiger partial charge on any atom is -0.462 e. The van der Waals surface area contributed by atoms with Gasteiger partial charge in [-0.15, -0.1) is 0 Å². The SMILES string of the molecule is CC(=O)O[C@@H]1[C@H]([C@@]2(C)CC[C@H](O)C[C@@H]2CCO)CC[C@@]2(C)[C@@H]1CCC21OCCO1. The molecule has 1 saturated heterocycles. The molecule has 4 fully saturated rings. The molecule has 6 nitrogen and oxygen atoms in total. The maximum absolute atomic E-state index is 12.1. The number of ether oxygens (including phenoxy) is 3. The molecule has 166 valence electrons. The Kier molecular flexibility index (Phi) is 5.77. The zero-order chi connectivity index (χ0) is 20.9. The molecule has 0 aromatic heterocycles. The van der Waals surface area contributed by atoms with E-state index in [-0.39, 0.29) is 53.4 Å². The Morgan fingerprint density at radius 2 is 1.76 bits per heavy atom. The molecule has 0 bridgehead atoms. The largest absolute Gasteiger partial charge is 0.462 e. The van der Waals surface area contributed by atoms with Gasteiger partial charge in [0.25, 0.3) is 0 Å². The molecule has 0 aromatic carbocycles. The van der Waals surface area contributed by atoms with Gasteiger partial charge >= 0.3 is 5.97 Å². The average Bonchev–Trinajstić information content (AvgIpc) is 3.25. The van der Waals surface area contributed by atoms with Crippen LogP contribution in [0.2, 0.25) is 0 Å². The second kappa shape index (κ2) is 7.77. The Bertz CT molecular complexity index is 616. The molecule has 0 unspecified atom stereocenters. The van der Waals surface area contributed by atoms with Crippen LogP contribution < -0.4 is 0 Å². The third-order valence-corrected chi connectivity index (χ3v) is 9.13. The molecule has 3 aliphatic carbocycles. The molecule has 0 radical (unpaired) electrons. The van der Waals surface area contributed by atoms with Crippen LogP contribution in [0, 0.1) is 28.6 Å². The lowest BCUT2D eigenvalue weighted by atomic mass is 9.51. The number of carbonyl (C=O) groups is 1. The Morgan fingerprint density at radius 1 is 1.07 bits per heavy atom. The minimum absolute atomic E-state index is 0.0590. The third-order valence-electron chi connectivity index (χ3n) is 9.13. The van der Waals surface area contributed by atoms with Gasteiger partial charge in [-0.1, -0.05) is 13.8 Å². The van der Waals surface area contributed by atoms with Crippen LogP contribution in [0.25, 0.3) is 0 Å². The topological polar surface area (TPSA) is 85.2 Å². The maximum atomic E-state index is 12.1. The quantitative estimate of drug-likeness (QED) is 0.693. The van der Waals surface area contributed by atoms with Crippen molar-refractivity contribution >= 4 is 5.97 Å². The predicted molar refractivity (Wildman–Crippen MR) is 107 cm³/mol. The van der Waals surface area contributed by atoms with E-state index in [1.54, 1.807) is 0 Å². The van der Waals surface area contributed by atoms with Crippen molar-refractivity contribution in [2.45, 2.75) is 90.1 Å². The van der Waals surface area contributed by atoms with Crippen LogP contribution in [0.5, 0.6) is 0 Å². The van der Waals surface area contributed by atoms with Crippen molar-refractivity contribution in [2.24, 2.45) is 28.6 Å². The van der Waals surface area contributed by atoms with Crippen LogP contribution >= 0.6 is 0 Å². The summed E-state index contributed by atoms with van der Waals surface area (Å²) in [6, 6.07) is 0. The number of hydrogen-bond acceptors (Lipinski definition) is 6. The van der Waals surface area contributed by atoms with E-state index < -0.39 is 5.79 Å². The number of aliphatic hydroxyl groups excluding tert-OH is 2. The maximum Gasteiger partial charge on any atom is 0.302 e. The molecule has 1 aliphatic heterocycles. The standard InChI is InChI=1S/C23H38O6/c1-15(25)29-20-18(21(2)8-4-17(26)14-16(21)7-11-24)5-9-22(3)19(20)6-10-23(22)27-12-13-28-23/h16-20,24,26H,4-14H2,1-3H3/t16-,17-,18+,19+,20+,21-,22-/m0/s1. The average molecular weight is 411 g/mol. The van der Waals surface area contributed by atoms with E-state index in [2.05, 4.69) is 13.8 Å². The van der Waals surface area contributed by atoms with E-state index in [9.17, 15) is 15.0 Å². The molecule has 6 heteroatoms. The predicted octanol–water partition coefficient (Wildman–Crippen LogP) is 3.04. The summed E-state index contributed by atoms with van der Waals surface area (Å²) in [5.41, 5.74) is -0.215. The van der Waals surface area contributed by atoms with Crippen molar-refractivity contribution in [3.8, 4) is 0 Å². The lowest BCUT2D eigenvalue weighted by molar-refractivity contribution is -0.253. The fourth-order valence-corrected chi connectivity index (χ4v) is 7.51. The highest BCUT2D eigenvalue weighted by Gasteiger charge is 2.67. The molecule has 0 amide bonds. The number of fused-ring (bicyclic) bond motifs is 2. The lowest BCUT2D eigenvalue weighted by Gasteiger charge is -2.57. The molecule has 2 N–H and O–H groups in total. The number of aliphatic hydroxyl groups is 2. The van der Waals surface area contributed by atoms with Gasteiger partial charge in [0.15, 0.2) is 5.79 Å². The monoisotopic (exact) mass is 410 g/mol. The zero-order valence-electron chi connectivity index (χ0n) is 18.2. The third kappa shape index (κ3) is 3.35. The molecule has 1 spiro atoms. The van der Waals surface area contributed by atoms with E-state index >= 15 is 0 Å². The summed E-state index contributed by atoms with van der Waals surface area (Å²) >= 11 is 0. The Labute approximate surface area is 174 Å². The van der Waals surface area contributed by atoms with Gasteiger partial charge in [-0.2, -0.15) is 0 Å². The first kappa shape index (κ1) is 21.5. The zero-order valence-corrected chi connectivity index (χ0v) is 18.2. The van der Waals surface area contributed by atoms with Crippen molar-refractivity contribution in [3.63, 3.8) is 0 Å². The van der Waals surface area contributed by atoms with E-state index in [0.717, 1.165) is 44.9 Å². The van der Waals surface area contributed by atoms with Gasteiger partial charge in [-0.05, 0) is 56.3 Å². The van der Waals surface area contributed by atoms with E-state index in [4.69, 9.17) is 14.2 Å². The van der Waals surface area contributed by atoms with Crippen molar-refractivity contribution in [1.82, 2.24) is 0 Å². The highest BCUT2D eigenvalue weighted by molar-refractivity contribution is 5.66. The van der Waals surface area contributed by atoms with Crippen LogP contribution in [0.1, 0.15) is 72.1 Å². The molecule has 4 rings (SSSR count). The number of esters is 1. The fraction of sp³-hybridized carbons (Fsp3) is 0.957. The summed E-state index contributed by atoms with van der Waals surface area (Å²) in [5, 5.41) is 20.0. The van der Waals surface area contributed by atoms with Crippen molar-refractivity contribution in [2.75, 3.05) is 19.8 Å². The van der Waals surface area contributed by atoms with Crippen LogP contribution in [-0.4, -0.2) is 54.0 Å². The second-order valence-electron chi connectivity index (χ2n) is 10.4. The normalized spacial score (nSPS) is 46.6. The Balaban J connectivity index is 1.66. The fourth-order valence-electron chi connectivity index (χ4n) is 7.51. The summed E-state index contributed by atoms with van der Waals surface area (Å²) < 4.78 is 18.4. The van der Waals surface area contributed by atoms with E-state index in [1.807, 2.05) is 0 Å². The number of rotatable bonds is 4.